The summed E-state index contributed by atoms with van der Waals surface area (Å²) in [6, 6.07) is 7.17. The summed E-state index contributed by atoms with van der Waals surface area (Å²) >= 11 is 6.17. The van der Waals surface area contributed by atoms with E-state index in [1.54, 1.807) is 22.9 Å². The van der Waals surface area contributed by atoms with E-state index in [0.717, 1.165) is 16.9 Å². The third kappa shape index (κ3) is 1.69. The lowest BCUT2D eigenvalue weighted by Crippen LogP contribution is -1.94. The van der Waals surface area contributed by atoms with Crippen LogP contribution in [0.3, 0.4) is 0 Å². The molecule has 0 spiro atoms. The maximum Gasteiger partial charge on any atom is 0.171 e. The standard InChI is InChI=1S/C12H10ClN5/c1-7-4-11-16-17-12(18(11)6-15-7)9-3-2-8(14)5-10(9)13/h2-6H,14H2,1H3. The summed E-state index contributed by atoms with van der Waals surface area (Å²) < 4.78 is 1.80. The van der Waals surface area contributed by atoms with Crippen molar-refractivity contribution in [2.24, 2.45) is 0 Å². The lowest BCUT2D eigenvalue weighted by atomic mass is 10.2. The number of nitrogens with zero attached hydrogens (tertiary/aromatic N) is 4. The van der Waals surface area contributed by atoms with Crippen LogP contribution in [0.1, 0.15) is 5.69 Å². The molecule has 0 atom stereocenters. The summed E-state index contributed by atoms with van der Waals surface area (Å²) in [6.45, 7) is 1.91. The van der Waals surface area contributed by atoms with Gasteiger partial charge in [-0.1, -0.05) is 11.6 Å². The summed E-state index contributed by atoms with van der Waals surface area (Å²) in [5, 5.41) is 8.79. The summed E-state index contributed by atoms with van der Waals surface area (Å²) in [6.07, 6.45) is 1.69. The minimum atomic E-state index is 0.546. The van der Waals surface area contributed by atoms with Crippen molar-refractivity contribution in [2.45, 2.75) is 6.92 Å². The molecule has 0 bridgehead atoms. The van der Waals surface area contributed by atoms with E-state index in [9.17, 15) is 0 Å². The second-order valence-corrected chi connectivity index (χ2v) is 4.43. The zero-order valence-electron chi connectivity index (χ0n) is 9.63. The number of hydrogen-bond donors (Lipinski definition) is 1. The highest BCUT2D eigenvalue weighted by molar-refractivity contribution is 6.33. The zero-order chi connectivity index (χ0) is 12.7. The Hall–Kier alpha value is -2.14. The molecule has 0 fully saturated rings. The number of anilines is 1. The molecular weight excluding hydrogens is 250 g/mol. The Morgan fingerprint density at radius 1 is 1.22 bits per heavy atom. The Kier molecular flexibility index (Phi) is 2.41. The Morgan fingerprint density at radius 2 is 2.06 bits per heavy atom. The van der Waals surface area contributed by atoms with Crippen LogP contribution in [0.5, 0.6) is 0 Å². The first-order valence-corrected chi connectivity index (χ1v) is 5.76. The van der Waals surface area contributed by atoms with Gasteiger partial charge in [0, 0.05) is 23.0 Å². The summed E-state index contributed by atoms with van der Waals surface area (Å²) in [7, 11) is 0. The highest BCUT2D eigenvalue weighted by Gasteiger charge is 2.11. The van der Waals surface area contributed by atoms with Crippen molar-refractivity contribution >= 4 is 22.9 Å². The predicted molar refractivity (Wildman–Crippen MR) is 70.4 cm³/mol. The fourth-order valence-corrected chi connectivity index (χ4v) is 2.06. The predicted octanol–water partition coefficient (Wildman–Crippen LogP) is 2.34. The van der Waals surface area contributed by atoms with Gasteiger partial charge in [0.05, 0.1) is 5.02 Å². The Labute approximate surface area is 108 Å². The second-order valence-electron chi connectivity index (χ2n) is 4.02. The third-order valence-electron chi connectivity index (χ3n) is 2.67. The van der Waals surface area contributed by atoms with Crippen LogP contribution in [0, 0.1) is 6.92 Å². The van der Waals surface area contributed by atoms with Crippen LogP contribution >= 0.6 is 11.6 Å². The molecule has 0 aliphatic rings. The van der Waals surface area contributed by atoms with Crippen molar-refractivity contribution < 1.29 is 0 Å². The number of nitrogens with two attached hydrogens (primary N) is 1. The summed E-state index contributed by atoms with van der Waals surface area (Å²) in [4.78, 5) is 4.23. The maximum absolute atomic E-state index is 6.17. The number of rotatable bonds is 1. The fraction of sp³-hybridized carbons (Fsp3) is 0.0833. The largest absolute Gasteiger partial charge is 0.399 e. The monoisotopic (exact) mass is 259 g/mol. The fourth-order valence-electron chi connectivity index (χ4n) is 1.78. The Morgan fingerprint density at radius 3 is 2.83 bits per heavy atom. The molecule has 3 rings (SSSR count). The van der Waals surface area contributed by atoms with Crippen LogP contribution in [0.25, 0.3) is 17.0 Å². The molecule has 18 heavy (non-hydrogen) atoms. The zero-order valence-corrected chi connectivity index (χ0v) is 10.4. The average molecular weight is 260 g/mol. The maximum atomic E-state index is 6.17. The van der Waals surface area contributed by atoms with Crippen molar-refractivity contribution in [2.75, 3.05) is 5.73 Å². The van der Waals surface area contributed by atoms with Gasteiger partial charge < -0.3 is 5.73 Å². The van der Waals surface area contributed by atoms with Crippen molar-refractivity contribution in [3.8, 4) is 11.4 Å². The van der Waals surface area contributed by atoms with Crippen molar-refractivity contribution in [1.82, 2.24) is 19.6 Å². The number of nitrogen functional groups attached to an aromatic ring is 1. The number of halogens is 1. The van der Waals surface area contributed by atoms with Gasteiger partial charge in [-0.2, -0.15) is 0 Å². The normalized spacial score (nSPS) is 11.0. The molecule has 3 aromatic rings. The lowest BCUT2D eigenvalue weighted by molar-refractivity contribution is 1.05. The van der Waals surface area contributed by atoms with Gasteiger partial charge in [0.1, 0.15) is 6.33 Å². The molecule has 1 aromatic carbocycles. The van der Waals surface area contributed by atoms with Gasteiger partial charge in [-0.05, 0) is 25.1 Å². The molecule has 0 amide bonds. The first-order chi connectivity index (χ1) is 8.65. The van der Waals surface area contributed by atoms with E-state index >= 15 is 0 Å². The van der Waals surface area contributed by atoms with E-state index in [4.69, 9.17) is 17.3 Å². The van der Waals surface area contributed by atoms with Gasteiger partial charge in [-0.15, -0.1) is 10.2 Å². The highest BCUT2D eigenvalue weighted by atomic mass is 35.5. The van der Waals surface area contributed by atoms with Crippen LogP contribution in [0.4, 0.5) is 5.69 Å². The third-order valence-corrected chi connectivity index (χ3v) is 2.98. The summed E-state index contributed by atoms with van der Waals surface area (Å²) in [5.74, 6) is 0.655. The minimum absolute atomic E-state index is 0.546. The smallest absolute Gasteiger partial charge is 0.171 e. The molecule has 0 unspecified atom stereocenters. The highest BCUT2D eigenvalue weighted by Crippen LogP contribution is 2.28. The molecule has 0 aliphatic carbocycles. The number of aryl methyl sites for hydroxylation is 1. The van der Waals surface area contributed by atoms with E-state index in [2.05, 4.69) is 15.2 Å². The topological polar surface area (TPSA) is 69.1 Å². The lowest BCUT2D eigenvalue weighted by Gasteiger charge is -2.03. The molecule has 0 aliphatic heterocycles. The van der Waals surface area contributed by atoms with Crippen molar-refractivity contribution in [1.29, 1.82) is 0 Å². The molecule has 0 saturated carbocycles. The Bertz CT molecular complexity index is 734. The molecule has 2 N–H and O–H groups in total. The van der Waals surface area contributed by atoms with Crippen molar-refractivity contribution in [3.63, 3.8) is 0 Å². The van der Waals surface area contributed by atoms with Gasteiger partial charge in [0.2, 0.25) is 0 Å². The van der Waals surface area contributed by atoms with E-state index in [0.29, 0.717) is 16.5 Å². The van der Waals surface area contributed by atoms with Crippen LogP contribution in [0.15, 0.2) is 30.6 Å². The van der Waals surface area contributed by atoms with Crippen LogP contribution in [-0.4, -0.2) is 19.6 Å². The molecule has 5 nitrogen and oxygen atoms in total. The molecule has 90 valence electrons. The van der Waals surface area contributed by atoms with E-state index in [1.807, 2.05) is 19.1 Å². The average Bonchev–Trinajstić information content (AvgIpc) is 2.72. The first-order valence-electron chi connectivity index (χ1n) is 5.38. The molecular formula is C12H10ClN5. The van der Waals surface area contributed by atoms with Gasteiger partial charge in [-0.3, -0.25) is 4.40 Å². The van der Waals surface area contributed by atoms with Crippen LogP contribution < -0.4 is 5.73 Å². The van der Waals surface area contributed by atoms with E-state index in [-0.39, 0.29) is 0 Å². The Balaban J connectivity index is 2.25. The van der Waals surface area contributed by atoms with Crippen LogP contribution in [0.2, 0.25) is 5.02 Å². The molecule has 6 heteroatoms. The summed E-state index contributed by atoms with van der Waals surface area (Å²) in [5.41, 5.74) is 8.71. The van der Waals surface area contributed by atoms with E-state index < -0.39 is 0 Å². The SMILES string of the molecule is Cc1cc2nnc(-c3ccc(N)cc3Cl)n2cn1. The quantitative estimate of drug-likeness (QED) is 0.681. The first kappa shape index (κ1) is 11.0. The molecule has 0 radical (unpaired) electrons. The minimum Gasteiger partial charge on any atom is -0.399 e. The number of benzene rings is 1. The van der Waals surface area contributed by atoms with Gasteiger partial charge >= 0.3 is 0 Å². The van der Waals surface area contributed by atoms with Gasteiger partial charge in [0.15, 0.2) is 11.5 Å². The van der Waals surface area contributed by atoms with Crippen LogP contribution in [-0.2, 0) is 0 Å². The number of hydrogen-bond acceptors (Lipinski definition) is 4. The van der Waals surface area contributed by atoms with Crippen molar-refractivity contribution in [3.05, 3.63) is 41.3 Å². The van der Waals surface area contributed by atoms with Gasteiger partial charge in [-0.25, -0.2) is 4.98 Å². The molecule has 2 heterocycles. The molecule has 2 aromatic heterocycles. The molecule has 0 saturated heterocycles. The second kappa shape index (κ2) is 3.96. The van der Waals surface area contributed by atoms with Gasteiger partial charge in [0.25, 0.3) is 0 Å². The number of fused-ring (bicyclic) bond motifs is 1. The number of aromatic nitrogens is 4. The van der Waals surface area contributed by atoms with E-state index in [1.165, 1.54) is 0 Å².